The number of hydrogen-bond donors (Lipinski definition) is 2. The molecule has 1 aromatic carbocycles. The molecule has 0 radical (unpaired) electrons. The van der Waals surface area contributed by atoms with Gasteiger partial charge >= 0.3 is 0 Å². The molecule has 1 aliphatic heterocycles. The largest absolute Gasteiger partial charge is 0.497 e. The number of aliphatic imine (C=N–C) groups is 1. The maximum absolute atomic E-state index is 11.5. The minimum absolute atomic E-state index is 0. The lowest BCUT2D eigenvalue weighted by Gasteiger charge is -2.34. The number of halogens is 1. The summed E-state index contributed by atoms with van der Waals surface area (Å²) < 4.78 is 11.0. The van der Waals surface area contributed by atoms with Crippen molar-refractivity contribution < 1.29 is 14.3 Å². The first-order valence-corrected chi connectivity index (χ1v) is 9.67. The number of benzene rings is 1. The van der Waals surface area contributed by atoms with E-state index in [1.54, 1.807) is 14.2 Å². The van der Waals surface area contributed by atoms with E-state index in [2.05, 4.69) is 22.5 Å². The second-order valence-electron chi connectivity index (χ2n) is 6.57. The zero-order valence-corrected chi connectivity index (χ0v) is 19.4. The first kappa shape index (κ1) is 24.3. The Hall–Kier alpha value is -1.71. The molecule has 2 rings (SSSR count). The Kier molecular flexibility index (Phi) is 11.7. The number of rotatable bonds is 8. The van der Waals surface area contributed by atoms with Crippen molar-refractivity contribution in [1.82, 2.24) is 15.5 Å². The van der Waals surface area contributed by atoms with E-state index in [-0.39, 0.29) is 29.9 Å². The molecule has 0 saturated carbocycles. The molecule has 7 nitrogen and oxygen atoms in total. The van der Waals surface area contributed by atoms with Gasteiger partial charge in [-0.05, 0) is 37.8 Å². The molecule has 158 valence electrons. The van der Waals surface area contributed by atoms with Crippen LogP contribution in [0.3, 0.4) is 0 Å². The molecule has 0 aliphatic carbocycles. The number of piperidine rings is 1. The number of carbonyl (C=O) groups is 1. The van der Waals surface area contributed by atoms with E-state index in [1.807, 2.05) is 24.3 Å². The van der Waals surface area contributed by atoms with Crippen molar-refractivity contribution in [2.45, 2.75) is 26.2 Å². The summed E-state index contributed by atoms with van der Waals surface area (Å²) in [5, 5.41) is 6.07. The molecule has 0 bridgehead atoms. The number of ether oxygens (including phenoxy) is 2. The van der Waals surface area contributed by atoms with Gasteiger partial charge in [0, 0.05) is 39.2 Å². The van der Waals surface area contributed by atoms with Crippen LogP contribution in [0.4, 0.5) is 0 Å². The fourth-order valence-corrected chi connectivity index (χ4v) is 3.14. The lowest BCUT2D eigenvalue weighted by atomic mass is 9.93. The van der Waals surface area contributed by atoms with Crippen molar-refractivity contribution in [1.29, 1.82) is 0 Å². The van der Waals surface area contributed by atoms with Crippen molar-refractivity contribution in [2.75, 3.05) is 46.9 Å². The van der Waals surface area contributed by atoms with Gasteiger partial charge < -0.3 is 25.0 Å². The van der Waals surface area contributed by atoms with Crippen LogP contribution in [0.2, 0.25) is 0 Å². The highest BCUT2D eigenvalue weighted by molar-refractivity contribution is 14.0. The number of carbonyl (C=O) groups excluding carboxylic acids is 1. The normalized spacial score (nSPS) is 14.8. The summed E-state index contributed by atoms with van der Waals surface area (Å²) >= 11 is 0. The third-order valence-corrected chi connectivity index (χ3v) is 4.66. The highest BCUT2D eigenvalue weighted by atomic mass is 127. The Morgan fingerprint density at radius 2 is 2.00 bits per heavy atom. The van der Waals surface area contributed by atoms with Gasteiger partial charge in [-0.1, -0.05) is 6.07 Å². The van der Waals surface area contributed by atoms with Gasteiger partial charge in [0.2, 0.25) is 5.91 Å². The maximum Gasteiger partial charge on any atom is 0.220 e. The number of hydrogen-bond acceptors (Lipinski definition) is 4. The molecule has 8 heteroatoms. The Morgan fingerprint density at radius 3 is 2.64 bits per heavy atom. The first-order valence-electron chi connectivity index (χ1n) is 9.67. The van der Waals surface area contributed by atoms with Gasteiger partial charge in [0.05, 0.1) is 13.7 Å². The molecule has 1 saturated heterocycles. The van der Waals surface area contributed by atoms with Crippen LogP contribution < -0.4 is 20.1 Å². The number of likely N-dealkylation sites (tertiary alicyclic amines) is 1. The highest BCUT2D eigenvalue weighted by Crippen LogP contribution is 2.21. The molecule has 0 aromatic heterocycles. The highest BCUT2D eigenvalue weighted by Gasteiger charge is 2.22. The van der Waals surface area contributed by atoms with Crippen LogP contribution in [0.15, 0.2) is 29.3 Å². The Balaban J connectivity index is 0.00000392. The minimum Gasteiger partial charge on any atom is -0.497 e. The topological polar surface area (TPSA) is 75.2 Å². The molecule has 2 N–H and O–H groups in total. The van der Waals surface area contributed by atoms with E-state index in [0.717, 1.165) is 49.9 Å². The Labute approximate surface area is 185 Å². The second kappa shape index (κ2) is 13.5. The van der Waals surface area contributed by atoms with Gasteiger partial charge in [0.1, 0.15) is 18.1 Å². The first-order chi connectivity index (χ1) is 13.2. The Bertz CT molecular complexity index is 619. The fourth-order valence-electron chi connectivity index (χ4n) is 3.14. The number of nitrogens with one attached hydrogen (secondary N) is 2. The van der Waals surface area contributed by atoms with E-state index < -0.39 is 0 Å². The van der Waals surface area contributed by atoms with E-state index in [9.17, 15) is 4.79 Å². The number of nitrogens with zero attached hydrogens (tertiary/aromatic N) is 2. The molecule has 28 heavy (non-hydrogen) atoms. The third kappa shape index (κ3) is 8.12. The zero-order valence-electron chi connectivity index (χ0n) is 17.1. The Morgan fingerprint density at radius 1 is 1.29 bits per heavy atom. The SMILES string of the molecule is CCNC(=NCCOc1cccc(OC)c1)N1CCC(CC(=O)NC)CC1.I. The zero-order chi connectivity index (χ0) is 19.5. The molecular weight excluding hydrogens is 471 g/mol. The minimum atomic E-state index is 0. The fraction of sp³-hybridized carbons (Fsp3) is 0.600. The van der Waals surface area contributed by atoms with Crippen LogP contribution in [0.25, 0.3) is 0 Å². The average Bonchev–Trinajstić information content (AvgIpc) is 2.71. The molecule has 1 aromatic rings. The molecule has 0 unspecified atom stereocenters. The lowest BCUT2D eigenvalue weighted by Crippen LogP contribution is -2.46. The van der Waals surface area contributed by atoms with Crippen molar-refractivity contribution in [3.8, 4) is 11.5 Å². The second-order valence-corrected chi connectivity index (χ2v) is 6.57. The molecular formula is C20H33IN4O3. The van der Waals surface area contributed by atoms with Crippen molar-refractivity contribution in [2.24, 2.45) is 10.9 Å². The van der Waals surface area contributed by atoms with Gasteiger partial charge in [-0.15, -0.1) is 24.0 Å². The monoisotopic (exact) mass is 504 g/mol. The molecule has 0 atom stereocenters. The van der Waals surface area contributed by atoms with Crippen LogP contribution in [-0.2, 0) is 4.79 Å². The third-order valence-electron chi connectivity index (χ3n) is 4.66. The van der Waals surface area contributed by atoms with E-state index >= 15 is 0 Å². The lowest BCUT2D eigenvalue weighted by molar-refractivity contribution is -0.121. The van der Waals surface area contributed by atoms with E-state index in [0.29, 0.717) is 25.5 Å². The molecule has 1 aliphatic rings. The van der Waals surface area contributed by atoms with E-state index in [4.69, 9.17) is 14.5 Å². The van der Waals surface area contributed by atoms with E-state index in [1.165, 1.54) is 0 Å². The van der Waals surface area contributed by atoms with Crippen molar-refractivity contribution in [3.63, 3.8) is 0 Å². The van der Waals surface area contributed by atoms with Crippen LogP contribution in [0.5, 0.6) is 11.5 Å². The van der Waals surface area contributed by atoms with Gasteiger partial charge in [0.15, 0.2) is 5.96 Å². The van der Waals surface area contributed by atoms with Crippen molar-refractivity contribution >= 4 is 35.8 Å². The maximum atomic E-state index is 11.5. The number of methoxy groups -OCH3 is 1. The standard InChI is InChI=1S/C20H32N4O3.HI/c1-4-22-20(24-11-8-16(9-12-24)14-19(25)21-2)23-10-13-27-18-7-5-6-17(15-18)26-3;/h5-7,15-16H,4,8-14H2,1-3H3,(H,21,25)(H,22,23);1H. The van der Waals surface area contributed by atoms with Gasteiger partial charge in [0.25, 0.3) is 0 Å². The van der Waals surface area contributed by atoms with Gasteiger partial charge in [-0.25, -0.2) is 4.99 Å². The smallest absolute Gasteiger partial charge is 0.220 e. The molecule has 1 heterocycles. The quantitative estimate of drug-likeness (QED) is 0.246. The van der Waals surface area contributed by atoms with Crippen LogP contribution in [-0.4, -0.2) is 63.7 Å². The average molecular weight is 504 g/mol. The molecule has 0 spiro atoms. The predicted octanol–water partition coefficient (Wildman–Crippen LogP) is 2.51. The van der Waals surface area contributed by atoms with Crippen molar-refractivity contribution in [3.05, 3.63) is 24.3 Å². The summed E-state index contributed by atoms with van der Waals surface area (Å²) in [5.41, 5.74) is 0. The number of amides is 1. The molecule has 1 fully saturated rings. The molecule has 1 amide bonds. The summed E-state index contributed by atoms with van der Waals surface area (Å²) in [7, 11) is 3.34. The summed E-state index contributed by atoms with van der Waals surface area (Å²) in [6.45, 7) is 5.83. The summed E-state index contributed by atoms with van der Waals surface area (Å²) in [5.74, 6) is 3.07. The predicted molar refractivity (Wildman–Crippen MR) is 123 cm³/mol. The number of guanidine groups is 1. The van der Waals surface area contributed by atoms with Crippen LogP contribution in [0.1, 0.15) is 26.2 Å². The summed E-state index contributed by atoms with van der Waals surface area (Å²) in [6, 6.07) is 7.58. The summed E-state index contributed by atoms with van der Waals surface area (Å²) in [4.78, 5) is 18.5. The summed E-state index contributed by atoms with van der Waals surface area (Å²) in [6.07, 6.45) is 2.64. The van der Waals surface area contributed by atoms with Crippen LogP contribution >= 0.6 is 24.0 Å². The van der Waals surface area contributed by atoms with Crippen LogP contribution in [0, 0.1) is 5.92 Å². The van der Waals surface area contributed by atoms with Gasteiger partial charge in [-0.2, -0.15) is 0 Å². The van der Waals surface area contributed by atoms with Gasteiger partial charge in [-0.3, -0.25) is 4.79 Å².